The van der Waals surface area contributed by atoms with E-state index in [-0.39, 0.29) is 12.2 Å². The van der Waals surface area contributed by atoms with Gasteiger partial charge in [0, 0.05) is 13.2 Å². The topological polar surface area (TPSA) is 27.7 Å². The lowest BCUT2D eigenvalue weighted by Gasteiger charge is -2.08. The van der Waals surface area contributed by atoms with Gasteiger partial charge < -0.3 is 4.74 Å². The summed E-state index contributed by atoms with van der Waals surface area (Å²) < 4.78 is 4.83. The first-order valence-corrected chi connectivity index (χ1v) is 4.94. The molecule has 0 bridgehead atoms. The van der Waals surface area contributed by atoms with E-state index < -0.39 is 0 Å². The first-order valence-electron chi connectivity index (χ1n) is 4.94. The minimum absolute atomic E-state index is 0.164. The van der Waals surface area contributed by atoms with E-state index in [0.717, 1.165) is 13.2 Å². The molecule has 13 heavy (non-hydrogen) atoms. The summed E-state index contributed by atoms with van der Waals surface area (Å²) in [5, 5.41) is 0. The van der Waals surface area contributed by atoms with Crippen molar-refractivity contribution in [2.45, 2.75) is 53.8 Å². The van der Waals surface area contributed by atoms with Gasteiger partial charge in [-0.1, -0.05) is 0 Å². The predicted molar refractivity (Wildman–Crippen MR) is 54.6 cm³/mol. The molecule has 0 spiro atoms. The molecule has 0 aromatic carbocycles. The highest BCUT2D eigenvalue weighted by molar-refractivity contribution is 4.30. The summed E-state index contributed by atoms with van der Waals surface area (Å²) in [7, 11) is 0. The highest BCUT2D eigenvalue weighted by atomic mass is 17.2. The highest BCUT2D eigenvalue weighted by Crippen LogP contribution is 1.93. The van der Waals surface area contributed by atoms with Crippen molar-refractivity contribution in [3.05, 3.63) is 0 Å². The van der Waals surface area contributed by atoms with Crippen LogP contribution in [0.5, 0.6) is 0 Å². The quantitative estimate of drug-likeness (QED) is 0.495. The fourth-order valence-electron chi connectivity index (χ4n) is 0.426. The van der Waals surface area contributed by atoms with Crippen molar-refractivity contribution in [3.8, 4) is 0 Å². The Morgan fingerprint density at radius 3 is 1.15 bits per heavy atom. The minimum Gasteiger partial charge on any atom is -0.382 e. The fraction of sp³-hybridized carbons (Fsp3) is 1.00. The second-order valence-electron chi connectivity index (χ2n) is 3.07. The maximum Gasteiger partial charge on any atom is 0.0874 e. The Balaban J connectivity index is 0. The van der Waals surface area contributed by atoms with Crippen LogP contribution in [0.15, 0.2) is 0 Å². The SMILES string of the molecule is CC(C)OOC(C)C.CCOCC. The van der Waals surface area contributed by atoms with E-state index in [1.54, 1.807) is 0 Å². The maximum absolute atomic E-state index is 4.83. The van der Waals surface area contributed by atoms with Crippen LogP contribution >= 0.6 is 0 Å². The van der Waals surface area contributed by atoms with Crippen LogP contribution < -0.4 is 0 Å². The van der Waals surface area contributed by atoms with E-state index in [0.29, 0.717) is 0 Å². The summed E-state index contributed by atoms with van der Waals surface area (Å²) in [4.78, 5) is 9.61. The maximum atomic E-state index is 4.83. The van der Waals surface area contributed by atoms with Crippen LogP contribution in [0.1, 0.15) is 41.5 Å². The van der Waals surface area contributed by atoms with Crippen molar-refractivity contribution >= 4 is 0 Å². The van der Waals surface area contributed by atoms with Gasteiger partial charge in [0.2, 0.25) is 0 Å². The molecule has 82 valence electrons. The molecule has 0 N–H and O–H groups in total. The van der Waals surface area contributed by atoms with Gasteiger partial charge in [-0.05, 0) is 41.5 Å². The second kappa shape index (κ2) is 11.9. The third-order valence-electron chi connectivity index (χ3n) is 0.849. The normalized spacial score (nSPS) is 10.2. The molecule has 0 aliphatic heterocycles. The average molecular weight is 192 g/mol. The molecule has 0 heterocycles. The molecule has 0 radical (unpaired) electrons. The van der Waals surface area contributed by atoms with Gasteiger partial charge >= 0.3 is 0 Å². The molecule has 0 unspecified atom stereocenters. The molecule has 0 aromatic heterocycles. The first-order chi connectivity index (χ1) is 6.04. The Bertz CT molecular complexity index is 72.2. The summed E-state index contributed by atoms with van der Waals surface area (Å²) in [5.41, 5.74) is 0. The summed E-state index contributed by atoms with van der Waals surface area (Å²) in [5.74, 6) is 0. The van der Waals surface area contributed by atoms with E-state index in [9.17, 15) is 0 Å². The zero-order chi connectivity index (χ0) is 10.7. The van der Waals surface area contributed by atoms with Gasteiger partial charge in [0.1, 0.15) is 0 Å². The third-order valence-corrected chi connectivity index (χ3v) is 0.849. The Morgan fingerprint density at radius 1 is 0.769 bits per heavy atom. The van der Waals surface area contributed by atoms with Gasteiger partial charge in [0.15, 0.2) is 0 Å². The molecule has 0 aliphatic carbocycles. The zero-order valence-electron chi connectivity index (χ0n) is 9.79. The standard InChI is InChI=1S/C6H14O2.C4H10O/c1-5(2)7-8-6(3)4;1-3-5-4-2/h5-6H,1-4H3;3-4H2,1-2H3. The van der Waals surface area contributed by atoms with E-state index in [1.165, 1.54) is 0 Å². The lowest BCUT2D eigenvalue weighted by molar-refractivity contribution is -0.337. The second-order valence-corrected chi connectivity index (χ2v) is 3.07. The summed E-state index contributed by atoms with van der Waals surface area (Å²) in [6.45, 7) is 13.4. The number of hydrogen-bond donors (Lipinski definition) is 0. The van der Waals surface area contributed by atoms with Crippen molar-refractivity contribution in [1.82, 2.24) is 0 Å². The third kappa shape index (κ3) is 24.5. The van der Waals surface area contributed by atoms with Crippen LogP contribution in [0.4, 0.5) is 0 Å². The molecule has 0 rings (SSSR count). The minimum atomic E-state index is 0.164. The molecular weight excluding hydrogens is 168 g/mol. The van der Waals surface area contributed by atoms with Crippen LogP contribution in [0.3, 0.4) is 0 Å². The van der Waals surface area contributed by atoms with Gasteiger partial charge in [0.05, 0.1) is 12.2 Å². The molecule has 0 atom stereocenters. The number of rotatable bonds is 5. The number of ether oxygens (including phenoxy) is 1. The smallest absolute Gasteiger partial charge is 0.0874 e. The molecule has 0 amide bonds. The Hall–Kier alpha value is -0.120. The number of hydrogen-bond acceptors (Lipinski definition) is 3. The van der Waals surface area contributed by atoms with Crippen molar-refractivity contribution < 1.29 is 14.5 Å². The van der Waals surface area contributed by atoms with Crippen molar-refractivity contribution in [3.63, 3.8) is 0 Å². The van der Waals surface area contributed by atoms with Gasteiger partial charge in [-0.15, -0.1) is 0 Å². The first kappa shape index (κ1) is 15.4. The molecule has 0 aromatic rings. The monoisotopic (exact) mass is 192 g/mol. The van der Waals surface area contributed by atoms with Crippen molar-refractivity contribution in [1.29, 1.82) is 0 Å². The van der Waals surface area contributed by atoms with Crippen LogP contribution in [0.25, 0.3) is 0 Å². The van der Waals surface area contributed by atoms with E-state index in [2.05, 4.69) is 0 Å². The van der Waals surface area contributed by atoms with Gasteiger partial charge in [-0.25, -0.2) is 9.78 Å². The van der Waals surface area contributed by atoms with Crippen LogP contribution in [-0.4, -0.2) is 25.4 Å². The fourth-order valence-corrected chi connectivity index (χ4v) is 0.426. The molecule has 3 heteroatoms. The molecule has 0 saturated carbocycles. The lowest BCUT2D eigenvalue weighted by atomic mass is 10.5. The van der Waals surface area contributed by atoms with Crippen LogP contribution in [-0.2, 0) is 14.5 Å². The molecule has 3 nitrogen and oxygen atoms in total. The Morgan fingerprint density at radius 2 is 1.08 bits per heavy atom. The summed E-state index contributed by atoms with van der Waals surface area (Å²) in [6, 6.07) is 0. The average Bonchev–Trinajstić information content (AvgIpc) is 2.03. The van der Waals surface area contributed by atoms with Crippen LogP contribution in [0.2, 0.25) is 0 Å². The van der Waals surface area contributed by atoms with E-state index >= 15 is 0 Å². The molecule has 0 saturated heterocycles. The van der Waals surface area contributed by atoms with Gasteiger partial charge in [0.25, 0.3) is 0 Å². The summed E-state index contributed by atoms with van der Waals surface area (Å²) >= 11 is 0. The predicted octanol–water partition coefficient (Wildman–Crippen LogP) is 2.79. The van der Waals surface area contributed by atoms with E-state index in [1.807, 2.05) is 41.5 Å². The van der Waals surface area contributed by atoms with Gasteiger partial charge in [-0.3, -0.25) is 0 Å². The largest absolute Gasteiger partial charge is 0.382 e. The Kier molecular flexibility index (Phi) is 14.0. The Labute approximate surface area is 82.3 Å². The van der Waals surface area contributed by atoms with Gasteiger partial charge in [-0.2, -0.15) is 0 Å². The van der Waals surface area contributed by atoms with Crippen LogP contribution in [0, 0.1) is 0 Å². The highest BCUT2D eigenvalue weighted by Gasteiger charge is 1.95. The van der Waals surface area contributed by atoms with Crippen molar-refractivity contribution in [2.75, 3.05) is 13.2 Å². The molecule has 0 aliphatic rings. The molecule has 0 fully saturated rings. The molecular formula is C10H24O3. The van der Waals surface area contributed by atoms with E-state index in [4.69, 9.17) is 14.5 Å². The lowest BCUT2D eigenvalue weighted by Crippen LogP contribution is -2.08. The summed E-state index contributed by atoms with van der Waals surface area (Å²) in [6.07, 6.45) is 0.329. The zero-order valence-corrected chi connectivity index (χ0v) is 9.79. The van der Waals surface area contributed by atoms with Crippen molar-refractivity contribution in [2.24, 2.45) is 0 Å².